The van der Waals surface area contributed by atoms with Crippen LogP contribution in [-0.2, 0) is 0 Å². The van der Waals surface area contributed by atoms with E-state index in [-0.39, 0.29) is 5.91 Å². The molecule has 0 aliphatic rings. The fourth-order valence-corrected chi connectivity index (χ4v) is 2.41. The number of carbonyl (C=O) groups is 1. The minimum Gasteiger partial charge on any atom is -0.274 e. The van der Waals surface area contributed by atoms with Crippen LogP contribution in [0.25, 0.3) is 16.7 Å². The van der Waals surface area contributed by atoms with Crippen LogP contribution in [0.1, 0.15) is 28.5 Å². The SMILES string of the molecule is CC(=O)n1c2cc(C)c(C)cc2n2nc(C)cc12. The van der Waals surface area contributed by atoms with Gasteiger partial charge in [0.1, 0.15) is 5.65 Å². The van der Waals surface area contributed by atoms with Gasteiger partial charge < -0.3 is 0 Å². The number of fused-ring (bicyclic) bond motifs is 3. The van der Waals surface area contributed by atoms with Gasteiger partial charge in [-0.3, -0.25) is 9.36 Å². The molecule has 0 fully saturated rings. The summed E-state index contributed by atoms with van der Waals surface area (Å²) in [6, 6.07) is 6.08. The Balaban J connectivity index is 2.59. The fourth-order valence-electron chi connectivity index (χ4n) is 2.41. The average Bonchev–Trinajstić information content (AvgIpc) is 2.75. The quantitative estimate of drug-likeness (QED) is 0.607. The second-order valence-corrected chi connectivity index (χ2v) is 4.84. The predicted molar refractivity (Wildman–Crippen MR) is 71.2 cm³/mol. The summed E-state index contributed by atoms with van der Waals surface area (Å²) < 4.78 is 3.57. The van der Waals surface area contributed by atoms with Gasteiger partial charge >= 0.3 is 0 Å². The van der Waals surface area contributed by atoms with E-state index in [9.17, 15) is 4.79 Å². The van der Waals surface area contributed by atoms with Gasteiger partial charge in [0.15, 0.2) is 0 Å². The van der Waals surface area contributed by atoms with Crippen LogP contribution in [0.4, 0.5) is 0 Å². The Labute approximate surface area is 105 Å². The van der Waals surface area contributed by atoms with Gasteiger partial charge in [-0.2, -0.15) is 5.10 Å². The first-order chi connectivity index (χ1) is 8.49. The summed E-state index contributed by atoms with van der Waals surface area (Å²) in [6.07, 6.45) is 0. The van der Waals surface area contributed by atoms with Crippen LogP contribution < -0.4 is 0 Å². The maximum absolute atomic E-state index is 11.9. The van der Waals surface area contributed by atoms with E-state index in [0.29, 0.717) is 0 Å². The lowest BCUT2D eigenvalue weighted by molar-refractivity contribution is 0.0946. The van der Waals surface area contributed by atoms with E-state index in [1.165, 1.54) is 11.1 Å². The number of hydrogen-bond donors (Lipinski definition) is 0. The fraction of sp³-hybridized carbons (Fsp3) is 0.286. The van der Waals surface area contributed by atoms with Crippen molar-refractivity contribution in [3.8, 4) is 0 Å². The summed E-state index contributed by atoms with van der Waals surface area (Å²) in [7, 11) is 0. The zero-order chi connectivity index (χ0) is 13.0. The zero-order valence-corrected chi connectivity index (χ0v) is 11.0. The number of aromatic nitrogens is 3. The molecule has 0 unspecified atom stereocenters. The number of hydrogen-bond acceptors (Lipinski definition) is 2. The maximum atomic E-state index is 11.9. The summed E-state index contributed by atoms with van der Waals surface area (Å²) >= 11 is 0. The first-order valence-corrected chi connectivity index (χ1v) is 5.98. The number of aryl methyl sites for hydroxylation is 3. The monoisotopic (exact) mass is 241 g/mol. The number of benzene rings is 1. The molecule has 0 atom stereocenters. The largest absolute Gasteiger partial charge is 0.274 e. The van der Waals surface area contributed by atoms with Crippen molar-refractivity contribution in [3.05, 3.63) is 35.0 Å². The van der Waals surface area contributed by atoms with Crippen LogP contribution >= 0.6 is 0 Å². The van der Waals surface area contributed by atoms with Crippen molar-refractivity contribution in [2.75, 3.05) is 0 Å². The molecule has 18 heavy (non-hydrogen) atoms. The normalized spacial score (nSPS) is 11.6. The van der Waals surface area contributed by atoms with Gasteiger partial charge in [0, 0.05) is 13.0 Å². The Morgan fingerprint density at radius 3 is 2.28 bits per heavy atom. The molecule has 0 saturated carbocycles. The van der Waals surface area contributed by atoms with E-state index in [1.807, 2.05) is 17.5 Å². The van der Waals surface area contributed by atoms with Gasteiger partial charge in [-0.05, 0) is 44.0 Å². The summed E-state index contributed by atoms with van der Waals surface area (Å²) in [6.45, 7) is 7.64. The molecule has 4 nitrogen and oxygen atoms in total. The minimum atomic E-state index is 0.0122. The number of carbonyl (C=O) groups excluding carboxylic acids is 1. The first-order valence-electron chi connectivity index (χ1n) is 5.98. The van der Waals surface area contributed by atoms with Crippen LogP contribution in [0.3, 0.4) is 0 Å². The summed E-state index contributed by atoms with van der Waals surface area (Å²) in [5.41, 5.74) is 6.05. The molecule has 0 saturated heterocycles. The molecule has 2 heterocycles. The van der Waals surface area contributed by atoms with Crippen molar-refractivity contribution in [2.45, 2.75) is 27.7 Å². The Morgan fingerprint density at radius 1 is 1.06 bits per heavy atom. The molecule has 3 aromatic rings. The lowest BCUT2D eigenvalue weighted by atomic mass is 10.1. The van der Waals surface area contributed by atoms with Crippen LogP contribution in [0.2, 0.25) is 0 Å². The molecule has 0 amide bonds. The maximum Gasteiger partial charge on any atom is 0.229 e. The molecular formula is C14H15N3O. The highest BCUT2D eigenvalue weighted by atomic mass is 16.1. The number of imidazole rings is 1. The first kappa shape index (κ1) is 11.0. The molecule has 0 aliphatic carbocycles. The molecule has 4 heteroatoms. The Morgan fingerprint density at radius 2 is 1.67 bits per heavy atom. The predicted octanol–water partition coefficient (Wildman–Crippen LogP) is 2.87. The van der Waals surface area contributed by atoms with Crippen molar-refractivity contribution in [3.63, 3.8) is 0 Å². The molecule has 0 aliphatic heterocycles. The topological polar surface area (TPSA) is 39.3 Å². The standard InChI is InChI=1S/C14H15N3O/c1-8-5-12-13(6-9(8)2)17-14(7-10(3)15-17)16(12)11(4)18/h5-7H,1-4H3. The van der Waals surface area contributed by atoms with Crippen molar-refractivity contribution in [2.24, 2.45) is 0 Å². The minimum absolute atomic E-state index is 0.0122. The molecular weight excluding hydrogens is 226 g/mol. The van der Waals surface area contributed by atoms with Gasteiger partial charge in [-0.1, -0.05) is 0 Å². The molecule has 92 valence electrons. The van der Waals surface area contributed by atoms with Gasteiger partial charge in [0.05, 0.1) is 16.7 Å². The van der Waals surface area contributed by atoms with Gasteiger partial charge in [-0.25, -0.2) is 4.52 Å². The Bertz CT molecular complexity index is 792. The second kappa shape index (κ2) is 3.45. The van der Waals surface area contributed by atoms with Crippen LogP contribution in [0, 0.1) is 20.8 Å². The van der Waals surface area contributed by atoms with Crippen molar-refractivity contribution < 1.29 is 4.79 Å². The van der Waals surface area contributed by atoms with Gasteiger partial charge in [-0.15, -0.1) is 0 Å². The third-order valence-electron chi connectivity index (χ3n) is 3.42. The van der Waals surface area contributed by atoms with Crippen molar-refractivity contribution in [1.82, 2.24) is 14.2 Å². The highest BCUT2D eigenvalue weighted by Gasteiger charge is 2.16. The average molecular weight is 241 g/mol. The van der Waals surface area contributed by atoms with E-state index >= 15 is 0 Å². The lowest BCUT2D eigenvalue weighted by Crippen LogP contribution is -2.04. The smallest absolute Gasteiger partial charge is 0.229 e. The molecule has 2 aromatic heterocycles. The van der Waals surface area contributed by atoms with Crippen molar-refractivity contribution >= 4 is 22.6 Å². The van der Waals surface area contributed by atoms with Crippen LogP contribution in [0.15, 0.2) is 18.2 Å². The van der Waals surface area contributed by atoms with Crippen LogP contribution in [0.5, 0.6) is 0 Å². The Hall–Kier alpha value is -2.10. The number of rotatable bonds is 0. The van der Waals surface area contributed by atoms with Crippen molar-refractivity contribution in [1.29, 1.82) is 0 Å². The summed E-state index contributed by atoms with van der Waals surface area (Å²) in [5, 5.41) is 4.46. The van der Waals surface area contributed by atoms with Gasteiger partial charge in [0.25, 0.3) is 0 Å². The molecule has 0 spiro atoms. The van der Waals surface area contributed by atoms with E-state index in [2.05, 4.69) is 31.1 Å². The molecule has 3 rings (SSSR count). The van der Waals surface area contributed by atoms with E-state index in [4.69, 9.17) is 0 Å². The van der Waals surface area contributed by atoms with E-state index < -0.39 is 0 Å². The third kappa shape index (κ3) is 1.32. The highest BCUT2D eigenvalue weighted by Crippen LogP contribution is 2.24. The lowest BCUT2D eigenvalue weighted by Gasteiger charge is -2.02. The molecule has 0 bridgehead atoms. The van der Waals surface area contributed by atoms with Crippen LogP contribution in [-0.4, -0.2) is 20.1 Å². The van der Waals surface area contributed by atoms with Gasteiger partial charge in [0.2, 0.25) is 5.91 Å². The second-order valence-electron chi connectivity index (χ2n) is 4.84. The van der Waals surface area contributed by atoms with E-state index in [0.717, 1.165) is 22.4 Å². The number of nitrogens with zero attached hydrogens (tertiary/aromatic N) is 3. The third-order valence-corrected chi connectivity index (χ3v) is 3.42. The summed E-state index contributed by atoms with van der Waals surface area (Å²) in [5.74, 6) is 0.0122. The molecule has 1 aromatic carbocycles. The highest BCUT2D eigenvalue weighted by molar-refractivity contribution is 5.95. The zero-order valence-electron chi connectivity index (χ0n) is 11.0. The molecule has 0 N–H and O–H groups in total. The van der Waals surface area contributed by atoms with E-state index in [1.54, 1.807) is 11.5 Å². The Kier molecular flexibility index (Phi) is 2.11. The summed E-state index contributed by atoms with van der Waals surface area (Å²) in [4.78, 5) is 11.9. The molecule has 0 radical (unpaired) electrons.